The number of halogens is 2. The van der Waals surface area contributed by atoms with Crippen molar-refractivity contribution >= 4 is 0 Å². The van der Waals surface area contributed by atoms with Crippen molar-refractivity contribution in [1.82, 2.24) is 0 Å². The molecule has 4 heteroatoms. The first kappa shape index (κ1) is 12.3. The van der Waals surface area contributed by atoms with Crippen LogP contribution in [-0.2, 0) is 0 Å². The second-order valence-electron chi connectivity index (χ2n) is 4.88. The Balaban J connectivity index is 2.09. The zero-order valence-corrected chi connectivity index (χ0v) is 10.0. The van der Waals surface area contributed by atoms with Gasteiger partial charge in [0.1, 0.15) is 11.9 Å². The van der Waals surface area contributed by atoms with Gasteiger partial charge < -0.3 is 10.5 Å². The molecule has 1 saturated carbocycles. The number of hydrogen-bond donors (Lipinski definition) is 1. The summed E-state index contributed by atoms with van der Waals surface area (Å²) in [6.07, 6.45) is 1.64. The molecule has 0 aromatic heterocycles. The van der Waals surface area contributed by atoms with E-state index >= 15 is 0 Å². The molecular weight excluding hydrogens is 224 g/mol. The van der Waals surface area contributed by atoms with Crippen molar-refractivity contribution in [3.05, 3.63) is 29.8 Å². The Kier molecular flexibility index (Phi) is 3.08. The van der Waals surface area contributed by atoms with Gasteiger partial charge in [0.05, 0.1) is 0 Å². The maximum atomic E-state index is 13.0. The molecule has 3 atom stereocenters. The van der Waals surface area contributed by atoms with Gasteiger partial charge in [-0.05, 0) is 18.6 Å². The van der Waals surface area contributed by atoms with Crippen molar-refractivity contribution in [2.75, 3.05) is 0 Å². The third-order valence-electron chi connectivity index (χ3n) is 3.98. The molecule has 1 aromatic rings. The molecule has 3 unspecified atom stereocenters. The number of ether oxygens (including phenoxy) is 1. The van der Waals surface area contributed by atoms with Crippen LogP contribution in [0.4, 0.5) is 8.78 Å². The van der Waals surface area contributed by atoms with Gasteiger partial charge in [0, 0.05) is 23.9 Å². The van der Waals surface area contributed by atoms with Crippen molar-refractivity contribution in [3.8, 4) is 5.75 Å². The summed E-state index contributed by atoms with van der Waals surface area (Å²) in [5.74, 6) is -1.38. The fourth-order valence-corrected chi connectivity index (χ4v) is 2.23. The van der Waals surface area contributed by atoms with Crippen molar-refractivity contribution in [1.29, 1.82) is 0 Å². The van der Waals surface area contributed by atoms with E-state index in [2.05, 4.69) is 13.8 Å². The van der Waals surface area contributed by atoms with Crippen LogP contribution < -0.4 is 10.5 Å². The molecule has 1 fully saturated rings. The van der Waals surface area contributed by atoms with Gasteiger partial charge in [0.15, 0.2) is 11.6 Å². The van der Waals surface area contributed by atoms with Gasteiger partial charge in [-0.15, -0.1) is 0 Å². The first-order valence-corrected chi connectivity index (χ1v) is 5.84. The maximum absolute atomic E-state index is 13.0. The molecule has 0 saturated heterocycles. The molecule has 2 nitrogen and oxygen atoms in total. The van der Waals surface area contributed by atoms with Gasteiger partial charge in [0.2, 0.25) is 0 Å². The van der Waals surface area contributed by atoms with Crippen molar-refractivity contribution in [3.63, 3.8) is 0 Å². The minimum absolute atomic E-state index is 0.0210. The van der Waals surface area contributed by atoms with Crippen molar-refractivity contribution in [2.24, 2.45) is 11.1 Å². The number of nitrogens with two attached hydrogens (primary N) is 1. The third kappa shape index (κ3) is 2.02. The molecule has 2 rings (SSSR count). The lowest BCUT2D eigenvalue weighted by molar-refractivity contribution is -0.0561. The smallest absolute Gasteiger partial charge is 0.162 e. The monoisotopic (exact) mass is 241 g/mol. The van der Waals surface area contributed by atoms with Crippen LogP contribution in [0.15, 0.2) is 18.2 Å². The van der Waals surface area contributed by atoms with E-state index in [1.54, 1.807) is 0 Å². The zero-order chi connectivity index (χ0) is 12.6. The molecule has 1 aromatic carbocycles. The first-order chi connectivity index (χ1) is 7.97. The molecule has 0 radical (unpaired) electrons. The fraction of sp³-hybridized carbons (Fsp3) is 0.538. The van der Waals surface area contributed by atoms with Crippen molar-refractivity contribution < 1.29 is 13.5 Å². The molecule has 1 aliphatic carbocycles. The minimum atomic E-state index is -0.885. The summed E-state index contributed by atoms with van der Waals surface area (Å²) in [4.78, 5) is 0. The summed E-state index contributed by atoms with van der Waals surface area (Å²) in [5, 5.41) is 0. The van der Waals surface area contributed by atoms with Crippen LogP contribution >= 0.6 is 0 Å². The van der Waals surface area contributed by atoms with Crippen LogP contribution in [-0.4, -0.2) is 12.1 Å². The molecule has 0 bridgehead atoms. The van der Waals surface area contributed by atoms with Crippen LogP contribution in [0, 0.1) is 17.0 Å². The Bertz CT molecular complexity index is 424. The summed E-state index contributed by atoms with van der Waals surface area (Å²) in [5.41, 5.74) is 5.87. The van der Waals surface area contributed by atoms with Crippen molar-refractivity contribution in [2.45, 2.75) is 38.8 Å². The van der Waals surface area contributed by atoms with E-state index in [0.29, 0.717) is 5.75 Å². The third-order valence-corrected chi connectivity index (χ3v) is 3.98. The van der Waals surface area contributed by atoms with E-state index < -0.39 is 11.6 Å². The van der Waals surface area contributed by atoms with Crippen LogP contribution in [0.5, 0.6) is 5.75 Å². The Hall–Kier alpha value is -1.16. The molecule has 94 valence electrons. The Labute approximate surface area is 99.8 Å². The Morgan fingerprint density at radius 3 is 2.65 bits per heavy atom. The van der Waals surface area contributed by atoms with Gasteiger partial charge >= 0.3 is 0 Å². The van der Waals surface area contributed by atoms with Crippen LogP contribution in [0.1, 0.15) is 26.7 Å². The van der Waals surface area contributed by atoms with Crippen LogP contribution in [0.25, 0.3) is 0 Å². The lowest BCUT2D eigenvalue weighted by atomic mass is 9.62. The van der Waals surface area contributed by atoms with E-state index in [9.17, 15) is 8.78 Å². The second kappa shape index (κ2) is 4.26. The van der Waals surface area contributed by atoms with Gasteiger partial charge in [-0.1, -0.05) is 13.8 Å². The molecule has 1 aliphatic rings. The van der Waals surface area contributed by atoms with E-state index in [0.717, 1.165) is 25.0 Å². The predicted octanol–water partition coefficient (Wildman–Crippen LogP) is 2.86. The average Bonchev–Trinajstić information content (AvgIpc) is 2.32. The molecule has 17 heavy (non-hydrogen) atoms. The highest BCUT2D eigenvalue weighted by atomic mass is 19.2. The Morgan fingerprint density at radius 2 is 2.12 bits per heavy atom. The largest absolute Gasteiger partial charge is 0.490 e. The lowest BCUT2D eigenvalue weighted by Crippen LogP contribution is -2.61. The summed E-state index contributed by atoms with van der Waals surface area (Å²) < 4.78 is 31.5. The van der Waals surface area contributed by atoms with Gasteiger partial charge in [-0.25, -0.2) is 8.78 Å². The number of benzene rings is 1. The predicted molar refractivity (Wildman–Crippen MR) is 61.8 cm³/mol. The van der Waals surface area contributed by atoms with E-state index in [1.807, 2.05) is 0 Å². The highest BCUT2D eigenvalue weighted by Gasteiger charge is 2.50. The lowest BCUT2D eigenvalue weighted by Gasteiger charge is -2.51. The average molecular weight is 241 g/mol. The summed E-state index contributed by atoms with van der Waals surface area (Å²) in [7, 11) is 0. The highest BCUT2D eigenvalue weighted by Crippen LogP contribution is 2.44. The van der Waals surface area contributed by atoms with E-state index in [-0.39, 0.29) is 17.6 Å². The second-order valence-corrected chi connectivity index (χ2v) is 4.88. The summed E-state index contributed by atoms with van der Waals surface area (Å²) in [6, 6.07) is 3.71. The number of hydrogen-bond acceptors (Lipinski definition) is 2. The molecule has 0 spiro atoms. The van der Waals surface area contributed by atoms with Gasteiger partial charge in [-0.2, -0.15) is 0 Å². The SMILES string of the molecule is CCC1(C)C(N)CC1Oc1ccc(F)c(F)c1. The standard InChI is InChI=1S/C13H17F2NO/c1-3-13(2)11(16)7-12(13)17-8-4-5-9(14)10(15)6-8/h4-6,11-12H,3,7,16H2,1-2H3. The quantitative estimate of drug-likeness (QED) is 0.883. The van der Waals surface area contributed by atoms with Gasteiger partial charge in [-0.3, -0.25) is 0 Å². The molecule has 0 aliphatic heterocycles. The zero-order valence-electron chi connectivity index (χ0n) is 10.0. The normalized spacial score (nSPS) is 32.1. The highest BCUT2D eigenvalue weighted by molar-refractivity contribution is 5.25. The van der Waals surface area contributed by atoms with Gasteiger partial charge in [0.25, 0.3) is 0 Å². The maximum Gasteiger partial charge on any atom is 0.162 e. The summed E-state index contributed by atoms with van der Waals surface area (Å²) in [6.45, 7) is 4.12. The van der Waals surface area contributed by atoms with E-state index in [4.69, 9.17) is 10.5 Å². The minimum Gasteiger partial charge on any atom is -0.490 e. The number of rotatable bonds is 3. The first-order valence-electron chi connectivity index (χ1n) is 5.84. The molecule has 0 amide bonds. The van der Waals surface area contributed by atoms with Crippen LogP contribution in [0.2, 0.25) is 0 Å². The molecule has 0 heterocycles. The fourth-order valence-electron chi connectivity index (χ4n) is 2.23. The molecular formula is C13H17F2NO. The van der Waals surface area contributed by atoms with E-state index in [1.165, 1.54) is 6.07 Å². The molecule has 2 N–H and O–H groups in total. The topological polar surface area (TPSA) is 35.2 Å². The van der Waals surface area contributed by atoms with Crippen LogP contribution in [0.3, 0.4) is 0 Å². The Morgan fingerprint density at radius 1 is 1.41 bits per heavy atom. The summed E-state index contributed by atoms with van der Waals surface area (Å²) >= 11 is 0.